The SMILES string of the molecule is O=c1[nH]c(Cc2nc(-c3ccccc3)n[nH]2)nc2ccc(-c3cccc(C(F)(F)F)c3)cc12. The van der Waals surface area contributed by atoms with Crippen LogP contribution < -0.4 is 5.56 Å². The zero-order chi connectivity index (χ0) is 23.0. The molecule has 2 heterocycles. The molecule has 0 saturated heterocycles. The van der Waals surface area contributed by atoms with E-state index in [0.29, 0.717) is 34.1 Å². The van der Waals surface area contributed by atoms with Crippen LogP contribution in [0.4, 0.5) is 13.2 Å². The van der Waals surface area contributed by atoms with Crippen molar-refractivity contribution < 1.29 is 13.2 Å². The molecule has 0 amide bonds. The number of rotatable bonds is 4. The van der Waals surface area contributed by atoms with E-state index in [1.54, 1.807) is 24.3 Å². The highest BCUT2D eigenvalue weighted by Gasteiger charge is 2.30. The van der Waals surface area contributed by atoms with Gasteiger partial charge in [0.25, 0.3) is 5.56 Å². The van der Waals surface area contributed by atoms with E-state index < -0.39 is 11.7 Å². The summed E-state index contributed by atoms with van der Waals surface area (Å²) in [5.41, 5.74) is 1.03. The van der Waals surface area contributed by atoms with E-state index >= 15 is 0 Å². The Labute approximate surface area is 185 Å². The predicted molar refractivity (Wildman–Crippen MR) is 117 cm³/mol. The van der Waals surface area contributed by atoms with Crippen LogP contribution in [0.25, 0.3) is 33.4 Å². The second-order valence-corrected chi connectivity index (χ2v) is 7.47. The van der Waals surface area contributed by atoms with Crippen LogP contribution in [0, 0.1) is 0 Å². The second-order valence-electron chi connectivity index (χ2n) is 7.47. The first-order valence-corrected chi connectivity index (χ1v) is 10.0. The van der Waals surface area contributed by atoms with Crippen molar-refractivity contribution in [2.75, 3.05) is 0 Å². The molecule has 0 aliphatic rings. The van der Waals surface area contributed by atoms with Gasteiger partial charge in [-0.15, -0.1) is 0 Å². The molecular formula is C24H16F3N5O. The van der Waals surface area contributed by atoms with Crippen molar-refractivity contribution in [3.8, 4) is 22.5 Å². The first kappa shape index (κ1) is 20.6. The molecule has 5 aromatic rings. The summed E-state index contributed by atoms with van der Waals surface area (Å²) in [5, 5.41) is 7.34. The molecule has 9 heteroatoms. The lowest BCUT2D eigenvalue weighted by atomic mass is 10.0. The Bertz CT molecular complexity index is 1510. The number of aromatic amines is 2. The van der Waals surface area contributed by atoms with E-state index in [4.69, 9.17) is 0 Å². The topological polar surface area (TPSA) is 87.3 Å². The number of aromatic nitrogens is 5. The molecular weight excluding hydrogens is 431 g/mol. The summed E-state index contributed by atoms with van der Waals surface area (Å²) in [6, 6.07) is 19.3. The minimum absolute atomic E-state index is 0.237. The van der Waals surface area contributed by atoms with E-state index in [-0.39, 0.29) is 17.4 Å². The van der Waals surface area contributed by atoms with Crippen LogP contribution in [0.3, 0.4) is 0 Å². The number of benzene rings is 3. The lowest BCUT2D eigenvalue weighted by molar-refractivity contribution is -0.137. The molecule has 0 unspecified atom stereocenters. The summed E-state index contributed by atoms with van der Waals surface area (Å²) in [5.74, 6) is 1.48. The maximum Gasteiger partial charge on any atom is 0.416 e. The van der Waals surface area contributed by atoms with Crippen molar-refractivity contribution in [2.45, 2.75) is 12.6 Å². The average Bonchev–Trinajstić information content (AvgIpc) is 3.27. The number of H-pyrrole nitrogens is 2. The van der Waals surface area contributed by atoms with Crippen molar-refractivity contribution >= 4 is 10.9 Å². The molecule has 0 saturated carbocycles. The van der Waals surface area contributed by atoms with Crippen molar-refractivity contribution in [2.24, 2.45) is 0 Å². The van der Waals surface area contributed by atoms with Crippen LogP contribution in [0.1, 0.15) is 17.2 Å². The second kappa shape index (κ2) is 8.01. The summed E-state index contributed by atoms with van der Waals surface area (Å²) in [4.78, 5) is 24.4. The zero-order valence-corrected chi connectivity index (χ0v) is 17.0. The highest BCUT2D eigenvalue weighted by atomic mass is 19.4. The first-order valence-electron chi connectivity index (χ1n) is 10.0. The van der Waals surface area contributed by atoms with Gasteiger partial charge in [0, 0.05) is 5.56 Å². The minimum Gasteiger partial charge on any atom is -0.310 e. The Morgan fingerprint density at radius 1 is 0.788 bits per heavy atom. The van der Waals surface area contributed by atoms with Crippen LogP contribution in [0.2, 0.25) is 0 Å². The van der Waals surface area contributed by atoms with E-state index in [1.807, 2.05) is 30.3 Å². The van der Waals surface area contributed by atoms with Crippen molar-refractivity contribution in [3.63, 3.8) is 0 Å². The van der Waals surface area contributed by atoms with Crippen molar-refractivity contribution in [3.05, 3.63) is 100 Å². The number of halogens is 3. The van der Waals surface area contributed by atoms with Gasteiger partial charge in [-0.1, -0.05) is 48.5 Å². The monoisotopic (exact) mass is 447 g/mol. The normalized spacial score (nSPS) is 11.7. The predicted octanol–water partition coefficient (Wildman–Crippen LogP) is 4.98. The van der Waals surface area contributed by atoms with Crippen LogP contribution in [0.5, 0.6) is 0 Å². The molecule has 0 spiro atoms. The fourth-order valence-corrected chi connectivity index (χ4v) is 3.57. The molecule has 2 N–H and O–H groups in total. The van der Waals surface area contributed by atoms with Crippen LogP contribution >= 0.6 is 0 Å². The molecule has 0 fully saturated rings. The third kappa shape index (κ3) is 4.25. The summed E-state index contributed by atoms with van der Waals surface area (Å²) in [7, 11) is 0. The standard InChI is InChI=1S/C24H16F3N5O/c25-24(26,27)17-8-4-7-15(11-17)16-9-10-19-18(12-16)23(33)30-20(28-19)13-21-29-22(32-31-21)14-5-2-1-3-6-14/h1-12H,13H2,(H,28,30,33)(H,29,31,32). The molecule has 2 aromatic heterocycles. The lowest BCUT2D eigenvalue weighted by Crippen LogP contribution is -2.12. The van der Waals surface area contributed by atoms with Crippen LogP contribution in [-0.4, -0.2) is 25.1 Å². The molecule has 0 atom stereocenters. The third-order valence-electron chi connectivity index (χ3n) is 5.18. The van der Waals surface area contributed by atoms with E-state index in [2.05, 4.69) is 25.1 Å². The maximum absolute atomic E-state index is 13.0. The lowest BCUT2D eigenvalue weighted by Gasteiger charge is -2.09. The molecule has 164 valence electrons. The largest absolute Gasteiger partial charge is 0.416 e. The fourth-order valence-electron chi connectivity index (χ4n) is 3.57. The maximum atomic E-state index is 13.0. The summed E-state index contributed by atoms with van der Waals surface area (Å²) in [6.45, 7) is 0. The summed E-state index contributed by atoms with van der Waals surface area (Å²) in [6.07, 6.45) is -4.21. The van der Waals surface area contributed by atoms with E-state index in [9.17, 15) is 18.0 Å². The van der Waals surface area contributed by atoms with E-state index in [1.165, 1.54) is 6.07 Å². The molecule has 33 heavy (non-hydrogen) atoms. The van der Waals surface area contributed by atoms with E-state index in [0.717, 1.165) is 17.7 Å². The van der Waals surface area contributed by atoms with Gasteiger partial charge in [-0.3, -0.25) is 9.89 Å². The van der Waals surface area contributed by atoms with Gasteiger partial charge in [0.15, 0.2) is 5.82 Å². The minimum atomic E-state index is -4.44. The Hall–Kier alpha value is -4.27. The van der Waals surface area contributed by atoms with Gasteiger partial charge in [-0.05, 0) is 35.4 Å². The van der Waals surface area contributed by atoms with Gasteiger partial charge >= 0.3 is 6.18 Å². The van der Waals surface area contributed by atoms with Crippen molar-refractivity contribution in [1.29, 1.82) is 0 Å². The third-order valence-corrected chi connectivity index (χ3v) is 5.18. The van der Waals surface area contributed by atoms with Crippen molar-refractivity contribution in [1.82, 2.24) is 25.1 Å². The number of hydrogen-bond donors (Lipinski definition) is 2. The van der Waals surface area contributed by atoms with Gasteiger partial charge in [-0.25, -0.2) is 9.97 Å². The van der Waals surface area contributed by atoms with Crippen LogP contribution in [-0.2, 0) is 12.6 Å². The van der Waals surface area contributed by atoms with Gasteiger partial charge in [0.1, 0.15) is 11.6 Å². The Morgan fingerprint density at radius 3 is 2.33 bits per heavy atom. The number of alkyl halides is 3. The molecule has 6 nitrogen and oxygen atoms in total. The van der Waals surface area contributed by atoms with Crippen LogP contribution in [0.15, 0.2) is 77.6 Å². The quantitative estimate of drug-likeness (QED) is 0.407. The number of fused-ring (bicyclic) bond motifs is 1. The van der Waals surface area contributed by atoms with Gasteiger partial charge < -0.3 is 4.98 Å². The molecule has 5 rings (SSSR count). The highest BCUT2D eigenvalue weighted by molar-refractivity contribution is 5.83. The number of nitrogens with zero attached hydrogens (tertiary/aromatic N) is 3. The average molecular weight is 447 g/mol. The smallest absolute Gasteiger partial charge is 0.310 e. The Balaban J connectivity index is 1.45. The molecule has 0 radical (unpaired) electrons. The Morgan fingerprint density at radius 2 is 1.55 bits per heavy atom. The molecule has 3 aromatic carbocycles. The Kier molecular flexibility index (Phi) is 5.01. The number of hydrogen-bond acceptors (Lipinski definition) is 4. The number of nitrogens with one attached hydrogen (secondary N) is 2. The molecule has 0 aliphatic heterocycles. The van der Waals surface area contributed by atoms with Gasteiger partial charge in [0.2, 0.25) is 0 Å². The summed E-state index contributed by atoms with van der Waals surface area (Å²) < 4.78 is 39.1. The van der Waals surface area contributed by atoms with Gasteiger partial charge in [-0.2, -0.15) is 18.3 Å². The zero-order valence-electron chi connectivity index (χ0n) is 17.0. The van der Waals surface area contributed by atoms with Gasteiger partial charge in [0.05, 0.1) is 22.9 Å². The first-order chi connectivity index (χ1) is 15.9. The highest BCUT2D eigenvalue weighted by Crippen LogP contribution is 2.32. The molecule has 0 bridgehead atoms. The summed E-state index contributed by atoms with van der Waals surface area (Å²) >= 11 is 0. The molecule has 0 aliphatic carbocycles. The fraction of sp³-hybridized carbons (Fsp3) is 0.0833.